The predicted octanol–water partition coefficient (Wildman–Crippen LogP) is 2.85. The maximum Gasteiger partial charge on any atom is 0.350 e. The van der Waals surface area contributed by atoms with Gasteiger partial charge in [0.05, 0.1) is 23.2 Å². The van der Waals surface area contributed by atoms with E-state index in [2.05, 4.69) is 9.97 Å². The number of anilines is 1. The molecule has 170 valence electrons. The van der Waals surface area contributed by atoms with Crippen molar-refractivity contribution < 1.29 is 14.3 Å². The van der Waals surface area contributed by atoms with Gasteiger partial charge in [0.1, 0.15) is 11.4 Å². The lowest BCUT2D eigenvalue weighted by atomic mass is 10.2. The number of hydrogen-bond donors (Lipinski definition) is 1. The van der Waals surface area contributed by atoms with Gasteiger partial charge in [-0.15, -0.1) is 0 Å². The molecule has 3 aromatic rings. The number of benzene rings is 1. The summed E-state index contributed by atoms with van der Waals surface area (Å²) in [6.45, 7) is 5.61. The molecular weight excluding hydrogens is 432 g/mol. The van der Waals surface area contributed by atoms with E-state index in [4.69, 9.17) is 4.74 Å². The molecule has 0 bridgehead atoms. The van der Waals surface area contributed by atoms with E-state index in [0.717, 1.165) is 35.2 Å². The molecule has 2 aromatic heterocycles. The Bertz CT molecular complexity index is 1240. The maximum absolute atomic E-state index is 13.2. The van der Waals surface area contributed by atoms with Gasteiger partial charge in [0.25, 0.3) is 5.56 Å². The number of esters is 1. The molecule has 1 aromatic carbocycles. The Kier molecular flexibility index (Phi) is 7.57. The lowest BCUT2D eigenvalue weighted by Crippen LogP contribution is -2.42. The van der Waals surface area contributed by atoms with Crippen molar-refractivity contribution >= 4 is 39.2 Å². The molecule has 0 spiro atoms. The first-order valence-corrected chi connectivity index (χ1v) is 11.4. The Labute approximate surface area is 188 Å². The highest BCUT2D eigenvalue weighted by atomic mass is 32.1. The summed E-state index contributed by atoms with van der Waals surface area (Å²) in [5.74, 6) is -0.940. The summed E-state index contributed by atoms with van der Waals surface area (Å²) >= 11 is 1.07. The molecule has 0 fully saturated rings. The molecule has 3 rings (SSSR count). The van der Waals surface area contributed by atoms with Gasteiger partial charge >= 0.3 is 11.7 Å². The molecule has 0 saturated heterocycles. The first-order valence-electron chi connectivity index (χ1n) is 10.5. The number of aromatic nitrogens is 3. The molecular formula is C22H26N4O5S. The number of hydrogen-bond acceptors (Lipinski definition) is 7. The summed E-state index contributed by atoms with van der Waals surface area (Å²) < 4.78 is 5.96. The second-order valence-corrected chi connectivity index (χ2v) is 8.23. The molecule has 0 atom stereocenters. The SMILES string of the molecule is CCCCCN(C(=O)Cn1c(=O)[nH]c2ccccc2c1=O)c1nc(C)c(C(=O)OCC)s1. The molecule has 9 nitrogen and oxygen atoms in total. The number of carbonyl (C=O) groups excluding carboxylic acids is 2. The number of rotatable bonds is 9. The van der Waals surface area contributed by atoms with Crippen LogP contribution in [0.15, 0.2) is 33.9 Å². The van der Waals surface area contributed by atoms with Crippen LogP contribution in [-0.2, 0) is 16.1 Å². The first-order chi connectivity index (χ1) is 15.4. The highest BCUT2D eigenvalue weighted by molar-refractivity contribution is 7.17. The number of para-hydroxylation sites is 1. The maximum atomic E-state index is 13.2. The zero-order valence-corrected chi connectivity index (χ0v) is 19.2. The van der Waals surface area contributed by atoms with Gasteiger partial charge in [0, 0.05) is 6.54 Å². The second-order valence-electron chi connectivity index (χ2n) is 7.25. The zero-order valence-electron chi connectivity index (χ0n) is 18.3. The summed E-state index contributed by atoms with van der Waals surface area (Å²) in [5, 5.41) is 0.670. The fraction of sp³-hybridized carbons (Fsp3) is 0.409. The zero-order chi connectivity index (χ0) is 23.3. The third-order valence-electron chi connectivity index (χ3n) is 4.95. The van der Waals surface area contributed by atoms with E-state index >= 15 is 0 Å². The van der Waals surface area contributed by atoms with Crippen molar-refractivity contribution in [2.24, 2.45) is 0 Å². The largest absolute Gasteiger partial charge is 0.462 e. The fourth-order valence-corrected chi connectivity index (χ4v) is 4.30. The minimum absolute atomic E-state index is 0.234. The minimum atomic E-state index is -0.655. The van der Waals surface area contributed by atoms with Crippen LogP contribution in [-0.4, -0.2) is 39.6 Å². The molecule has 0 aliphatic carbocycles. The van der Waals surface area contributed by atoms with Gasteiger partial charge in [0.2, 0.25) is 5.91 Å². The summed E-state index contributed by atoms with van der Waals surface area (Å²) in [6.07, 6.45) is 2.57. The monoisotopic (exact) mass is 458 g/mol. The Morgan fingerprint density at radius 2 is 1.94 bits per heavy atom. The van der Waals surface area contributed by atoms with Gasteiger partial charge in [-0.2, -0.15) is 0 Å². The normalized spacial score (nSPS) is 11.0. The number of aryl methyl sites for hydroxylation is 1. The molecule has 0 aliphatic rings. The summed E-state index contributed by atoms with van der Waals surface area (Å²) in [4.78, 5) is 59.5. The van der Waals surface area contributed by atoms with Crippen LogP contribution in [0, 0.1) is 6.92 Å². The van der Waals surface area contributed by atoms with Crippen molar-refractivity contribution in [2.75, 3.05) is 18.1 Å². The van der Waals surface area contributed by atoms with Crippen molar-refractivity contribution in [2.45, 2.75) is 46.6 Å². The number of fused-ring (bicyclic) bond motifs is 1. The van der Waals surface area contributed by atoms with Crippen LogP contribution in [0.5, 0.6) is 0 Å². The summed E-state index contributed by atoms with van der Waals surface area (Å²) in [5.41, 5.74) is -0.301. The molecule has 10 heteroatoms. The Balaban J connectivity index is 1.95. The third-order valence-corrected chi connectivity index (χ3v) is 6.11. The number of amides is 1. The van der Waals surface area contributed by atoms with E-state index in [0.29, 0.717) is 33.2 Å². The number of nitrogens with zero attached hydrogens (tertiary/aromatic N) is 3. The quantitative estimate of drug-likeness (QED) is 0.390. The molecule has 0 radical (unpaired) electrons. The molecule has 0 saturated carbocycles. The molecule has 2 heterocycles. The van der Waals surface area contributed by atoms with Crippen molar-refractivity contribution in [3.63, 3.8) is 0 Å². The van der Waals surface area contributed by atoms with Crippen LogP contribution in [0.4, 0.5) is 5.13 Å². The second kappa shape index (κ2) is 10.4. The van der Waals surface area contributed by atoms with Crippen LogP contribution in [0.3, 0.4) is 0 Å². The van der Waals surface area contributed by atoms with Gasteiger partial charge in [0.15, 0.2) is 5.13 Å². The summed E-state index contributed by atoms with van der Waals surface area (Å²) in [7, 11) is 0. The van der Waals surface area contributed by atoms with E-state index in [-0.39, 0.29) is 6.61 Å². The molecule has 0 unspecified atom stereocenters. The number of thiazole rings is 1. The predicted molar refractivity (Wildman–Crippen MR) is 124 cm³/mol. The average molecular weight is 459 g/mol. The average Bonchev–Trinajstić information content (AvgIpc) is 3.15. The number of carbonyl (C=O) groups is 2. The standard InChI is InChI=1S/C22H26N4O5S/c1-4-6-9-12-25(22-23-14(3)18(32-22)20(29)31-5-2)17(27)13-26-19(28)15-10-7-8-11-16(15)24-21(26)30/h7-8,10-11H,4-6,9,12-13H2,1-3H3,(H,24,30). The van der Waals surface area contributed by atoms with E-state index in [9.17, 15) is 19.2 Å². The lowest BCUT2D eigenvalue weighted by Gasteiger charge is -2.20. The van der Waals surface area contributed by atoms with Gasteiger partial charge in [-0.25, -0.2) is 14.6 Å². The lowest BCUT2D eigenvalue weighted by molar-refractivity contribution is -0.119. The number of aromatic amines is 1. The van der Waals surface area contributed by atoms with Crippen LogP contribution in [0.2, 0.25) is 0 Å². The van der Waals surface area contributed by atoms with Gasteiger partial charge < -0.3 is 9.72 Å². The highest BCUT2D eigenvalue weighted by Crippen LogP contribution is 2.27. The topological polar surface area (TPSA) is 114 Å². The number of ether oxygens (including phenoxy) is 1. The smallest absolute Gasteiger partial charge is 0.350 e. The van der Waals surface area contributed by atoms with Crippen LogP contribution < -0.4 is 16.1 Å². The highest BCUT2D eigenvalue weighted by Gasteiger charge is 2.25. The van der Waals surface area contributed by atoms with E-state index in [1.807, 2.05) is 6.92 Å². The Morgan fingerprint density at radius 3 is 2.66 bits per heavy atom. The minimum Gasteiger partial charge on any atom is -0.462 e. The number of nitrogens with one attached hydrogen (secondary N) is 1. The fourth-order valence-electron chi connectivity index (χ4n) is 3.29. The van der Waals surface area contributed by atoms with Gasteiger partial charge in [-0.05, 0) is 32.4 Å². The van der Waals surface area contributed by atoms with E-state index < -0.39 is 29.7 Å². The van der Waals surface area contributed by atoms with Crippen molar-refractivity contribution in [3.8, 4) is 0 Å². The van der Waals surface area contributed by atoms with Gasteiger partial charge in [-0.1, -0.05) is 43.2 Å². The molecule has 32 heavy (non-hydrogen) atoms. The first kappa shape index (κ1) is 23.4. The molecule has 1 amide bonds. The Morgan fingerprint density at radius 1 is 1.19 bits per heavy atom. The molecule has 1 N–H and O–H groups in total. The van der Waals surface area contributed by atoms with Crippen molar-refractivity contribution in [1.29, 1.82) is 0 Å². The van der Waals surface area contributed by atoms with Crippen molar-refractivity contribution in [3.05, 3.63) is 55.7 Å². The van der Waals surface area contributed by atoms with E-state index in [1.54, 1.807) is 38.1 Å². The van der Waals surface area contributed by atoms with Crippen LogP contribution in [0.25, 0.3) is 10.9 Å². The number of unbranched alkanes of at least 4 members (excludes halogenated alkanes) is 2. The van der Waals surface area contributed by atoms with E-state index in [1.165, 1.54) is 4.90 Å². The number of H-pyrrole nitrogens is 1. The Hall–Kier alpha value is -3.27. The third kappa shape index (κ3) is 4.96. The van der Waals surface area contributed by atoms with Gasteiger partial charge in [-0.3, -0.25) is 19.1 Å². The van der Waals surface area contributed by atoms with Crippen molar-refractivity contribution in [1.82, 2.24) is 14.5 Å². The van der Waals surface area contributed by atoms with Crippen LogP contribution in [0.1, 0.15) is 48.5 Å². The summed E-state index contributed by atoms with van der Waals surface area (Å²) in [6, 6.07) is 6.65. The van der Waals surface area contributed by atoms with Crippen LogP contribution >= 0.6 is 11.3 Å². The molecule has 0 aliphatic heterocycles.